The molecule has 0 radical (unpaired) electrons. The summed E-state index contributed by atoms with van der Waals surface area (Å²) < 4.78 is 5.99. The molecule has 3 rings (SSSR count). The molecule has 8 nitrogen and oxygen atoms in total. The lowest BCUT2D eigenvalue weighted by Crippen LogP contribution is -2.48. The Morgan fingerprint density at radius 2 is 1.79 bits per heavy atom. The number of hydrogen-bond acceptors (Lipinski definition) is 6. The quantitative estimate of drug-likeness (QED) is 0.295. The maximum atomic E-state index is 12.6. The van der Waals surface area contributed by atoms with E-state index in [4.69, 9.17) is 28.6 Å². The van der Waals surface area contributed by atoms with Gasteiger partial charge in [0.15, 0.2) is 5.11 Å². The zero-order valence-electron chi connectivity index (χ0n) is 17.8. The average Bonchev–Trinajstić information content (AvgIpc) is 3.14. The predicted octanol–water partition coefficient (Wildman–Crippen LogP) is 4.25. The SMILES string of the molecule is CCCC(=O)Nc1ccc(C(=O)NNC(=S)NC(=O)c2sc3cc(OC)ccc3c2Cl)cc1. The Kier molecular flexibility index (Phi) is 8.21. The normalized spacial score (nSPS) is 10.4. The molecule has 0 aliphatic heterocycles. The molecule has 4 N–H and O–H groups in total. The van der Waals surface area contributed by atoms with Gasteiger partial charge in [-0.1, -0.05) is 18.5 Å². The Balaban J connectivity index is 1.55. The highest BCUT2D eigenvalue weighted by Crippen LogP contribution is 2.37. The highest BCUT2D eigenvalue weighted by molar-refractivity contribution is 7.80. The third-order valence-electron chi connectivity index (χ3n) is 4.47. The Bertz CT molecular complexity index is 1210. The molecule has 33 heavy (non-hydrogen) atoms. The molecule has 3 amide bonds. The Hall–Kier alpha value is -3.21. The second kappa shape index (κ2) is 11.1. The maximum Gasteiger partial charge on any atom is 0.269 e. The molecular weight excluding hydrogens is 484 g/mol. The van der Waals surface area contributed by atoms with Gasteiger partial charge in [-0.3, -0.25) is 30.6 Å². The van der Waals surface area contributed by atoms with Crippen molar-refractivity contribution < 1.29 is 19.1 Å². The minimum atomic E-state index is -0.501. The lowest BCUT2D eigenvalue weighted by atomic mass is 10.2. The minimum absolute atomic E-state index is 0.0877. The smallest absolute Gasteiger partial charge is 0.269 e. The van der Waals surface area contributed by atoms with Crippen LogP contribution in [0.4, 0.5) is 5.69 Å². The number of hydrogen-bond donors (Lipinski definition) is 4. The van der Waals surface area contributed by atoms with Crippen molar-refractivity contribution in [2.75, 3.05) is 12.4 Å². The number of anilines is 1. The number of nitrogens with one attached hydrogen (secondary N) is 4. The van der Waals surface area contributed by atoms with E-state index in [2.05, 4.69) is 21.5 Å². The second-order valence-corrected chi connectivity index (χ2v) is 8.68. The Morgan fingerprint density at radius 3 is 2.45 bits per heavy atom. The number of halogens is 1. The molecule has 0 fully saturated rings. The van der Waals surface area contributed by atoms with Crippen molar-refractivity contribution in [1.29, 1.82) is 0 Å². The molecule has 0 atom stereocenters. The lowest BCUT2D eigenvalue weighted by Gasteiger charge is -2.11. The molecular formula is C22H21ClN4O4S2. The van der Waals surface area contributed by atoms with Gasteiger partial charge in [0.05, 0.1) is 12.1 Å². The van der Waals surface area contributed by atoms with Crippen LogP contribution in [0.5, 0.6) is 5.75 Å². The molecule has 172 valence electrons. The highest BCUT2D eigenvalue weighted by Gasteiger charge is 2.19. The first-order valence-electron chi connectivity index (χ1n) is 9.90. The average molecular weight is 505 g/mol. The number of thiophene rings is 1. The number of thiocarbonyl (C=S) groups is 1. The summed E-state index contributed by atoms with van der Waals surface area (Å²) in [7, 11) is 1.56. The van der Waals surface area contributed by atoms with Crippen molar-refractivity contribution in [3.63, 3.8) is 0 Å². The van der Waals surface area contributed by atoms with Crippen LogP contribution in [0.2, 0.25) is 5.02 Å². The summed E-state index contributed by atoms with van der Waals surface area (Å²) in [6.07, 6.45) is 1.18. The number of rotatable bonds is 6. The Morgan fingerprint density at radius 1 is 1.06 bits per heavy atom. The fraction of sp³-hybridized carbons (Fsp3) is 0.182. The van der Waals surface area contributed by atoms with Crippen LogP contribution in [-0.2, 0) is 4.79 Å². The van der Waals surface area contributed by atoms with Crippen molar-refractivity contribution in [3.05, 3.63) is 57.9 Å². The summed E-state index contributed by atoms with van der Waals surface area (Å²) in [6, 6.07) is 11.7. The molecule has 1 aromatic heterocycles. The number of hydrazine groups is 1. The number of methoxy groups -OCH3 is 1. The number of carbonyl (C=O) groups excluding carboxylic acids is 3. The molecule has 0 spiro atoms. The van der Waals surface area contributed by atoms with Gasteiger partial charge in [-0.2, -0.15) is 0 Å². The summed E-state index contributed by atoms with van der Waals surface area (Å²) in [5.74, 6) is -0.400. The van der Waals surface area contributed by atoms with E-state index >= 15 is 0 Å². The molecule has 0 saturated heterocycles. The number of carbonyl (C=O) groups is 3. The van der Waals surface area contributed by atoms with E-state index in [1.807, 2.05) is 6.92 Å². The van der Waals surface area contributed by atoms with Crippen molar-refractivity contribution >= 4 is 73.8 Å². The molecule has 3 aromatic rings. The van der Waals surface area contributed by atoms with E-state index < -0.39 is 11.8 Å². The van der Waals surface area contributed by atoms with Gasteiger partial charge in [-0.15, -0.1) is 11.3 Å². The van der Waals surface area contributed by atoms with Crippen molar-refractivity contribution in [3.8, 4) is 5.75 Å². The largest absolute Gasteiger partial charge is 0.497 e. The summed E-state index contributed by atoms with van der Waals surface area (Å²) in [6.45, 7) is 1.92. The minimum Gasteiger partial charge on any atom is -0.497 e. The van der Waals surface area contributed by atoms with Gasteiger partial charge in [-0.25, -0.2) is 0 Å². The first-order chi connectivity index (χ1) is 15.8. The first-order valence-corrected chi connectivity index (χ1v) is 11.5. The maximum absolute atomic E-state index is 12.6. The van der Waals surface area contributed by atoms with Gasteiger partial charge < -0.3 is 10.1 Å². The summed E-state index contributed by atoms with van der Waals surface area (Å²) in [4.78, 5) is 36.8. The van der Waals surface area contributed by atoms with Gasteiger partial charge in [-0.05, 0) is 61.1 Å². The molecule has 0 bridgehead atoms. The van der Waals surface area contributed by atoms with Crippen LogP contribution >= 0.6 is 35.2 Å². The van der Waals surface area contributed by atoms with Crippen LogP contribution < -0.4 is 26.2 Å². The van der Waals surface area contributed by atoms with Gasteiger partial charge in [0.25, 0.3) is 11.8 Å². The van der Waals surface area contributed by atoms with E-state index in [1.54, 1.807) is 49.6 Å². The van der Waals surface area contributed by atoms with E-state index in [0.717, 1.165) is 16.5 Å². The molecule has 0 aliphatic rings. The standard InChI is InChI=1S/C22H21ClN4O4S2/c1-3-4-17(28)24-13-7-5-12(6-8-13)20(29)26-27-22(32)25-21(30)19-18(23)15-10-9-14(31-2)11-16(15)33-19/h5-11H,3-4H2,1-2H3,(H,24,28)(H,26,29)(H2,25,27,30,32). The van der Waals surface area contributed by atoms with Crippen LogP contribution in [0.3, 0.4) is 0 Å². The second-order valence-electron chi connectivity index (χ2n) is 6.85. The van der Waals surface area contributed by atoms with E-state index in [9.17, 15) is 14.4 Å². The fourth-order valence-corrected chi connectivity index (χ4v) is 4.44. The predicted molar refractivity (Wildman–Crippen MR) is 134 cm³/mol. The van der Waals surface area contributed by atoms with Crippen LogP contribution in [0.25, 0.3) is 10.1 Å². The van der Waals surface area contributed by atoms with Gasteiger partial charge in [0.1, 0.15) is 10.6 Å². The molecule has 2 aromatic carbocycles. The van der Waals surface area contributed by atoms with Gasteiger partial charge in [0, 0.05) is 27.8 Å². The number of benzene rings is 2. The van der Waals surface area contributed by atoms with Crippen LogP contribution in [0.15, 0.2) is 42.5 Å². The van der Waals surface area contributed by atoms with Gasteiger partial charge >= 0.3 is 0 Å². The first kappa shape index (κ1) is 24.4. The summed E-state index contributed by atoms with van der Waals surface area (Å²) >= 11 is 12.6. The monoisotopic (exact) mass is 504 g/mol. The topological polar surface area (TPSA) is 109 Å². The van der Waals surface area contributed by atoms with Crippen LogP contribution in [0, 0.1) is 0 Å². The van der Waals surface area contributed by atoms with E-state index in [1.165, 1.54) is 11.3 Å². The van der Waals surface area contributed by atoms with Crippen LogP contribution in [-0.4, -0.2) is 29.9 Å². The van der Waals surface area contributed by atoms with Crippen molar-refractivity contribution in [1.82, 2.24) is 16.2 Å². The summed E-state index contributed by atoms with van der Waals surface area (Å²) in [5, 5.41) is 6.18. The number of amides is 3. The molecule has 0 unspecified atom stereocenters. The number of ether oxygens (including phenoxy) is 1. The fourth-order valence-electron chi connectivity index (χ4n) is 2.85. The molecule has 1 heterocycles. The van der Waals surface area contributed by atoms with E-state index in [0.29, 0.717) is 28.4 Å². The zero-order chi connectivity index (χ0) is 24.0. The Labute approximate surface area is 204 Å². The van der Waals surface area contributed by atoms with Crippen molar-refractivity contribution in [2.45, 2.75) is 19.8 Å². The zero-order valence-corrected chi connectivity index (χ0v) is 20.2. The van der Waals surface area contributed by atoms with Crippen molar-refractivity contribution in [2.24, 2.45) is 0 Å². The van der Waals surface area contributed by atoms with E-state index in [-0.39, 0.29) is 15.9 Å². The third kappa shape index (κ3) is 6.19. The van der Waals surface area contributed by atoms with Crippen LogP contribution in [0.1, 0.15) is 39.8 Å². The molecule has 0 aliphatic carbocycles. The summed E-state index contributed by atoms with van der Waals surface area (Å²) in [5.41, 5.74) is 5.84. The van der Waals surface area contributed by atoms with Gasteiger partial charge in [0.2, 0.25) is 5.91 Å². The third-order valence-corrected chi connectivity index (χ3v) is 6.33. The lowest BCUT2D eigenvalue weighted by molar-refractivity contribution is -0.116. The molecule has 0 saturated carbocycles. The number of fused-ring (bicyclic) bond motifs is 1. The molecule has 11 heteroatoms. The highest BCUT2D eigenvalue weighted by atomic mass is 35.5.